The van der Waals surface area contributed by atoms with E-state index in [4.69, 9.17) is 25.9 Å². The summed E-state index contributed by atoms with van der Waals surface area (Å²) >= 11 is 5.92. The van der Waals surface area contributed by atoms with E-state index in [1.54, 1.807) is 18.2 Å². The number of aromatic nitrogens is 1. The second kappa shape index (κ2) is 10.2. The van der Waals surface area contributed by atoms with Crippen LogP contribution >= 0.6 is 11.6 Å². The van der Waals surface area contributed by atoms with Crippen LogP contribution in [0.1, 0.15) is 54.9 Å². The first-order valence-electron chi connectivity index (χ1n) is 10.3. The fraction of sp³-hybridized carbons (Fsp3) is 0.375. The first kappa shape index (κ1) is 23.1. The van der Waals surface area contributed by atoms with Crippen molar-refractivity contribution in [2.75, 3.05) is 13.2 Å². The highest BCUT2D eigenvalue weighted by Crippen LogP contribution is 2.35. The summed E-state index contributed by atoms with van der Waals surface area (Å²) in [7, 11) is 0. The molecule has 1 heterocycles. The molecule has 0 spiro atoms. The summed E-state index contributed by atoms with van der Waals surface area (Å²) in [6.45, 7) is 6.12. The smallest absolute Gasteiger partial charge is 0.230 e. The van der Waals surface area contributed by atoms with E-state index in [0.29, 0.717) is 35.1 Å². The average Bonchev–Trinajstić information content (AvgIpc) is 3.15. The van der Waals surface area contributed by atoms with E-state index in [1.165, 1.54) is 6.07 Å². The van der Waals surface area contributed by atoms with Gasteiger partial charge in [0.05, 0.1) is 24.0 Å². The molecule has 3 rings (SSSR count). The van der Waals surface area contributed by atoms with Gasteiger partial charge < -0.3 is 24.5 Å². The lowest BCUT2D eigenvalue weighted by molar-refractivity contribution is 0.167. The van der Waals surface area contributed by atoms with Gasteiger partial charge in [-0.3, -0.25) is 0 Å². The number of hydrogen-bond acceptors (Lipinski definition) is 6. The Labute approximate surface area is 187 Å². The van der Waals surface area contributed by atoms with Crippen LogP contribution in [-0.2, 0) is 6.42 Å². The molecule has 0 radical (unpaired) electrons. The Morgan fingerprint density at radius 3 is 2.58 bits per heavy atom. The molecule has 0 aliphatic heterocycles. The van der Waals surface area contributed by atoms with E-state index < -0.39 is 6.10 Å². The van der Waals surface area contributed by atoms with E-state index >= 15 is 0 Å². The Balaban J connectivity index is 1.76. The SMILES string of the molecule is Cc1cc(C(O)CCc2nc(-c3ccc(Cl)cc3O)oc2C(C)C)ccc1OCCO. The van der Waals surface area contributed by atoms with Crippen LogP contribution in [0.4, 0.5) is 0 Å². The van der Waals surface area contributed by atoms with Gasteiger partial charge in [-0.2, -0.15) is 0 Å². The standard InChI is InChI=1S/C24H28ClNO5/c1-14(2)23-19(26-24(31-23)18-6-5-17(25)13-21(18)29)7-8-20(28)16-4-9-22(15(3)12-16)30-11-10-27/h4-6,9,12-14,20,27-29H,7-8,10-11H2,1-3H3. The summed E-state index contributed by atoms with van der Waals surface area (Å²) in [4.78, 5) is 4.60. The summed E-state index contributed by atoms with van der Waals surface area (Å²) < 4.78 is 11.4. The van der Waals surface area contributed by atoms with Gasteiger partial charge in [0.15, 0.2) is 0 Å². The van der Waals surface area contributed by atoms with Crippen LogP contribution in [0.3, 0.4) is 0 Å². The molecular formula is C24H28ClNO5. The zero-order valence-electron chi connectivity index (χ0n) is 17.9. The minimum absolute atomic E-state index is 0.00891. The van der Waals surface area contributed by atoms with Gasteiger partial charge >= 0.3 is 0 Å². The van der Waals surface area contributed by atoms with Crippen molar-refractivity contribution in [2.24, 2.45) is 0 Å². The number of aromatic hydroxyl groups is 1. The maximum atomic E-state index is 10.7. The molecule has 6 nitrogen and oxygen atoms in total. The predicted octanol–water partition coefficient (Wildman–Crippen LogP) is 5.17. The molecule has 3 N–H and O–H groups in total. The molecule has 0 aliphatic rings. The van der Waals surface area contributed by atoms with Crippen LogP contribution in [-0.4, -0.2) is 33.5 Å². The predicted molar refractivity (Wildman–Crippen MR) is 120 cm³/mol. The number of aliphatic hydroxyl groups is 2. The van der Waals surface area contributed by atoms with Crippen LogP contribution in [0.5, 0.6) is 11.5 Å². The zero-order valence-corrected chi connectivity index (χ0v) is 18.7. The number of benzene rings is 2. The molecule has 31 heavy (non-hydrogen) atoms. The molecule has 0 bridgehead atoms. The van der Waals surface area contributed by atoms with Crippen LogP contribution in [0.25, 0.3) is 11.5 Å². The quantitative estimate of drug-likeness (QED) is 0.420. The van der Waals surface area contributed by atoms with Crippen molar-refractivity contribution in [2.45, 2.75) is 45.6 Å². The first-order chi connectivity index (χ1) is 14.8. The number of halogens is 1. The van der Waals surface area contributed by atoms with Crippen LogP contribution in [0.2, 0.25) is 5.02 Å². The van der Waals surface area contributed by atoms with Gasteiger partial charge in [0.25, 0.3) is 0 Å². The summed E-state index contributed by atoms with van der Waals surface area (Å²) in [6, 6.07) is 10.3. The highest BCUT2D eigenvalue weighted by molar-refractivity contribution is 6.30. The second-order valence-electron chi connectivity index (χ2n) is 7.80. The maximum absolute atomic E-state index is 10.7. The van der Waals surface area contributed by atoms with Gasteiger partial charge in [-0.05, 0) is 61.2 Å². The molecule has 0 aliphatic carbocycles. The molecule has 1 atom stereocenters. The normalized spacial score (nSPS) is 12.4. The highest BCUT2D eigenvalue weighted by atomic mass is 35.5. The van der Waals surface area contributed by atoms with Gasteiger partial charge in [-0.15, -0.1) is 0 Å². The minimum Gasteiger partial charge on any atom is -0.507 e. The lowest BCUT2D eigenvalue weighted by Gasteiger charge is -2.14. The largest absolute Gasteiger partial charge is 0.507 e. The van der Waals surface area contributed by atoms with E-state index in [9.17, 15) is 10.2 Å². The Morgan fingerprint density at radius 1 is 1.16 bits per heavy atom. The molecule has 7 heteroatoms. The minimum atomic E-state index is -0.672. The molecule has 2 aromatic carbocycles. The second-order valence-corrected chi connectivity index (χ2v) is 8.23. The number of rotatable bonds is 9. The summed E-state index contributed by atoms with van der Waals surface area (Å²) in [5, 5.41) is 30.2. The van der Waals surface area contributed by atoms with Crippen molar-refractivity contribution in [3.63, 3.8) is 0 Å². The molecule has 0 fully saturated rings. The van der Waals surface area contributed by atoms with Crippen molar-refractivity contribution in [3.05, 3.63) is 64.0 Å². The summed E-state index contributed by atoms with van der Waals surface area (Å²) in [6.07, 6.45) is 0.317. The molecule has 0 amide bonds. The molecule has 1 aromatic heterocycles. The third kappa shape index (κ3) is 5.58. The van der Waals surface area contributed by atoms with Crippen molar-refractivity contribution >= 4 is 11.6 Å². The number of phenolic OH excluding ortho intramolecular Hbond substituents is 1. The zero-order chi connectivity index (χ0) is 22.5. The number of aryl methyl sites for hydroxylation is 2. The number of phenols is 1. The first-order valence-corrected chi connectivity index (χ1v) is 10.7. The van der Waals surface area contributed by atoms with E-state index in [2.05, 4.69) is 4.98 Å². The number of ether oxygens (including phenoxy) is 1. The third-order valence-corrected chi connectivity index (χ3v) is 5.26. The third-order valence-electron chi connectivity index (χ3n) is 5.03. The van der Waals surface area contributed by atoms with Gasteiger partial charge in [0.2, 0.25) is 5.89 Å². The Hall–Kier alpha value is -2.54. The Bertz CT molecular complexity index is 1030. The Kier molecular flexibility index (Phi) is 7.59. The lowest BCUT2D eigenvalue weighted by Crippen LogP contribution is -2.05. The monoisotopic (exact) mass is 445 g/mol. The summed E-state index contributed by atoms with van der Waals surface area (Å²) in [5.74, 6) is 1.88. The van der Waals surface area contributed by atoms with Gasteiger partial charge in [0, 0.05) is 10.9 Å². The molecule has 166 valence electrons. The topological polar surface area (TPSA) is 96.0 Å². The highest BCUT2D eigenvalue weighted by Gasteiger charge is 2.20. The van der Waals surface area contributed by atoms with Crippen molar-refractivity contribution in [1.29, 1.82) is 0 Å². The number of aliphatic hydroxyl groups excluding tert-OH is 2. The number of hydrogen-bond donors (Lipinski definition) is 3. The molecule has 0 saturated heterocycles. The van der Waals surface area contributed by atoms with Crippen LogP contribution in [0, 0.1) is 6.92 Å². The van der Waals surface area contributed by atoms with Gasteiger partial charge in [0.1, 0.15) is 23.9 Å². The van der Waals surface area contributed by atoms with Crippen molar-refractivity contribution < 1.29 is 24.5 Å². The van der Waals surface area contributed by atoms with E-state index in [1.807, 2.05) is 32.9 Å². The average molecular weight is 446 g/mol. The molecule has 1 unspecified atom stereocenters. The number of nitrogens with zero attached hydrogens (tertiary/aromatic N) is 1. The van der Waals surface area contributed by atoms with Crippen molar-refractivity contribution in [1.82, 2.24) is 4.98 Å². The fourth-order valence-corrected chi connectivity index (χ4v) is 3.60. The van der Waals surface area contributed by atoms with Crippen LogP contribution in [0.15, 0.2) is 40.8 Å². The maximum Gasteiger partial charge on any atom is 0.230 e. The van der Waals surface area contributed by atoms with Crippen LogP contribution < -0.4 is 4.74 Å². The lowest BCUT2D eigenvalue weighted by atomic mass is 9.99. The van der Waals surface area contributed by atoms with Crippen molar-refractivity contribution in [3.8, 4) is 23.0 Å². The van der Waals surface area contributed by atoms with E-state index in [-0.39, 0.29) is 24.9 Å². The summed E-state index contributed by atoms with van der Waals surface area (Å²) in [5.41, 5.74) is 2.93. The fourth-order valence-electron chi connectivity index (χ4n) is 3.43. The molecule has 0 saturated carbocycles. The molecular weight excluding hydrogens is 418 g/mol. The number of oxazole rings is 1. The Morgan fingerprint density at radius 2 is 1.94 bits per heavy atom. The van der Waals surface area contributed by atoms with Gasteiger partial charge in [-0.1, -0.05) is 31.5 Å². The molecule has 3 aromatic rings. The van der Waals surface area contributed by atoms with E-state index in [0.717, 1.165) is 22.6 Å². The van der Waals surface area contributed by atoms with Gasteiger partial charge in [-0.25, -0.2) is 4.98 Å².